The zero-order chi connectivity index (χ0) is 21.0. The minimum Gasteiger partial charge on any atom is -0.335 e. The van der Waals surface area contributed by atoms with Gasteiger partial charge >= 0.3 is 0 Å². The van der Waals surface area contributed by atoms with E-state index in [-0.39, 0.29) is 5.56 Å². The molecule has 0 fully saturated rings. The number of fused-ring (bicyclic) bond motifs is 3. The molecule has 1 aliphatic carbocycles. The van der Waals surface area contributed by atoms with Gasteiger partial charge in [0.2, 0.25) is 0 Å². The first kappa shape index (κ1) is 22.1. The number of rotatable bonds is 9. The first-order valence-corrected chi connectivity index (χ1v) is 12.1. The number of aryl methyl sites for hydroxylation is 2. The number of hydrogen-bond acceptors (Lipinski definition) is 4. The van der Waals surface area contributed by atoms with Gasteiger partial charge in [0, 0.05) is 11.3 Å². The van der Waals surface area contributed by atoms with Crippen molar-refractivity contribution >= 4 is 21.6 Å². The Morgan fingerprint density at radius 1 is 1.21 bits per heavy atom. The molecule has 0 saturated heterocycles. The van der Waals surface area contributed by atoms with Gasteiger partial charge in [-0.3, -0.25) is 4.79 Å². The minimum atomic E-state index is -0.0545. The van der Waals surface area contributed by atoms with Crippen molar-refractivity contribution in [3.8, 4) is 0 Å². The van der Waals surface area contributed by atoms with Gasteiger partial charge < -0.3 is 5.84 Å². The molecule has 0 amide bonds. The monoisotopic (exact) mass is 415 g/mol. The van der Waals surface area contributed by atoms with Gasteiger partial charge in [-0.05, 0) is 55.4 Å². The van der Waals surface area contributed by atoms with E-state index in [1.54, 1.807) is 11.3 Å². The van der Waals surface area contributed by atoms with E-state index in [9.17, 15) is 4.79 Å². The molecule has 2 N–H and O–H groups in total. The Bertz CT molecular complexity index is 903. The lowest BCUT2D eigenvalue weighted by atomic mass is 9.72. The highest BCUT2D eigenvalue weighted by Gasteiger charge is 2.32. The van der Waals surface area contributed by atoms with E-state index in [1.165, 1.54) is 40.8 Å². The molecule has 0 bridgehead atoms. The van der Waals surface area contributed by atoms with Gasteiger partial charge in [0.05, 0.1) is 5.39 Å². The summed E-state index contributed by atoms with van der Waals surface area (Å²) in [4.78, 5) is 20.1. The predicted octanol–water partition coefficient (Wildman–Crippen LogP) is 5.78. The lowest BCUT2D eigenvalue weighted by Gasteiger charge is -2.33. The number of nitrogens with zero attached hydrogens (tertiary/aromatic N) is 2. The molecular formula is C24H37N3OS. The number of aromatic nitrogens is 2. The highest BCUT2D eigenvalue weighted by Crippen LogP contribution is 2.42. The summed E-state index contributed by atoms with van der Waals surface area (Å²) in [5.41, 5.74) is 1.46. The van der Waals surface area contributed by atoms with Crippen LogP contribution >= 0.6 is 11.3 Å². The van der Waals surface area contributed by atoms with E-state index in [0.29, 0.717) is 11.3 Å². The molecule has 0 aromatic carbocycles. The third-order valence-electron chi connectivity index (χ3n) is 6.47. The molecule has 0 unspecified atom stereocenters. The smallest absolute Gasteiger partial charge is 0.280 e. The molecule has 160 valence electrons. The molecule has 0 radical (unpaired) electrons. The van der Waals surface area contributed by atoms with Crippen LogP contribution in [-0.2, 0) is 19.3 Å². The van der Waals surface area contributed by atoms with Gasteiger partial charge in [0.25, 0.3) is 5.56 Å². The lowest BCUT2D eigenvalue weighted by Crippen LogP contribution is -2.32. The van der Waals surface area contributed by atoms with Crippen molar-refractivity contribution in [1.29, 1.82) is 0 Å². The second-order valence-electron chi connectivity index (χ2n) is 9.64. The van der Waals surface area contributed by atoms with Crippen LogP contribution in [-0.4, -0.2) is 9.66 Å². The highest BCUT2D eigenvalue weighted by atomic mass is 32.1. The standard InChI is InChI=1S/C24H37N3OS/c1-5-6-7-8-9-10-11-12-13-20-26-22-21(23(28)27(20)25)18-15-14-17(24(2,3)4)16-19(18)29-22/h5,17H,1,6-16,25H2,2-4H3/t17-/m1/s1. The van der Waals surface area contributed by atoms with Crippen LogP contribution in [0.5, 0.6) is 0 Å². The fourth-order valence-electron chi connectivity index (χ4n) is 4.47. The number of nitrogens with two attached hydrogens (primary N) is 1. The molecule has 4 nitrogen and oxygen atoms in total. The van der Waals surface area contributed by atoms with E-state index in [0.717, 1.165) is 61.0 Å². The van der Waals surface area contributed by atoms with Gasteiger partial charge in [-0.15, -0.1) is 17.9 Å². The van der Waals surface area contributed by atoms with E-state index in [2.05, 4.69) is 27.4 Å². The second kappa shape index (κ2) is 9.46. The summed E-state index contributed by atoms with van der Waals surface area (Å²) in [5.74, 6) is 7.57. The Labute approximate surface area is 179 Å². The van der Waals surface area contributed by atoms with Crippen molar-refractivity contribution in [3.63, 3.8) is 0 Å². The highest BCUT2D eigenvalue weighted by molar-refractivity contribution is 7.18. The van der Waals surface area contributed by atoms with Crippen LogP contribution in [0.1, 0.15) is 88.4 Å². The van der Waals surface area contributed by atoms with Gasteiger partial charge in [-0.2, -0.15) is 0 Å². The first-order chi connectivity index (χ1) is 13.8. The van der Waals surface area contributed by atoms with Gasteiger partial charge in [0.15, 0.2) is 0 Å². The average molecular weight is 416 g/mol. The minimum absolute atomic E-state index is 0.0545. The number of hydrogen-bond donors (Lipinski definition) is 1. The molecule has 5 heteroatoms. The quantitative estimate of drug-likeness (QED) is 0.321. The summed E-state index contributed by atoms with van der Waals surface area (Å²) in [6, 6.07) is 0. The number of unbranched alkanes of at least 4 members (excludes halogenated alkanes) is 6. The summed E-state index contributed by atoms with van der Waals surface area (Å²) in [6.45, 7) is 10.7. The molecule has 2 aromatic rings. The Morgan fingerprint density at radius 3 is 2.59 bits per heavy atom. The SMILES string of the molecule is C=CCCCCCCCCc1nc2sc3c(c2c(=O)n1N)CC[C@@H](C(C)(C)C)C3. The molecular weight excluding hydrogens is 378 g/mol. The molecule has 0 saturated carbocycles. The lowest BCUT2D eigenvalue weighted by molar-refractivity contribution is 0.218. The Balaban J connectivity index is 1.68. The summed E-state index contributed by atoms with van der Waals surface area (Å²) >= 11 is 1.72. The van der Waals surface area contributed by atoms with Crippen LogP contribution in [0.15, 0.2) is 17.4 Å². The Hall–Kier alpha value is -1.62. The van der Waals surface area contributed by atoms with Crippen LogP contribution in [0.2, 0.25) is 0 Å². The van der Waals surface area contributed by atoms with E-state index >= 15 is 0 Å². The number of allylic oxidation sites excluding steroid dienone is 1. The maximum Gasteiger partial charge on any atom is 0.280 e. The number of nitrogen functional groups attached to an aromatic ring is 1. The van der Waals surface area contributed by atoms with Gasteiger partial charge in [-0.25, -0.2) is 9.66 Å². The van der Waals surface area contributed by atoms with Crippen LogP contribution in [0.25, 0.3) is 10.2 Å². The zero-order valence-corrected chi connectivity index (χ0v) is 19.2. The summed E-state index contributed by atoms with van der Waals surface area (Å²) in [5, 5.41) is 0.783. The van der Waals surface area contributed by atoms with Crippen LogP contribution in [0.4, 0.5) is 0 Å². The molecule has 2 aromatic heterocycles. The fourth-order valence-corrected chi connectivity index (χ4v) is 5.78. The van der Waals surface area contributed by atoms with E-state index in [1.807, 2.05) is 6.08 Å². The van der Waals surface area contributed by atoms with Crippen molar-refractivity contribution < 1.29 is 0 Å². The van der Waals surface area contributed by atoms with Gasteiger partial charge in [-0.1, -0.05) is 52.5 Å². The summed E-state index contributed by atoms with van der Waals surface area (Å²) in [7, 11) is 0. The molecule has 3 rings (SSSR count). The largest absolute Gasteiger partial charge is 0.335 e. The summed E-state index contributed by atoms with van der Waals surface area (Å²) in [6.07, 6.45) is 14.3. The molecule has 0 spiro atoms. The predicted molar refractivity (Wildman–Crippen MR) is 125 cm³/mol. The fraction of sp³-hybridized carbons (Fsp3) is 0.667. The van der Waals surface area contributed by atoms with Crippen molar-refractivity contribution in [1.82, 2.24) is 9.66 Å². The molecule has 1 atom stereocenters. The summed E-state index contributed by atoms with van der Waals surface area (Å²) < 4.78 is 1.31. The third-order valence-corrected chi connectivity index (χ3v) is 7.62. The Kier molecular flexibility index (Phi) is 7.20. The Morgan fingerprint density at radius 2 is 1.90 bits per heavy atom. The van der Waals surface area contributed by atoms with E-state index < -0.39 is 0 Å². The van der Waals surface area contributed by atoms with Crippen molar-refractivity contribution in [3.05, 3.63) is 39.3 Å². The van der Waals surface area contributed by atoms with Crippen molar-refractivity contribution in [2.24, 2.45) is 11.3 Å². The molecule has 2 heterocycles. The van der Waals surface area contributed by atoms with Crippen molar-refractivity contribution in [2.75, 3.05) is 5.84 Å². The third kappa shape index (κ3) is 5.11. The topological polar surface area (TPSA) is 60.9 Å². The molecule has 1 aliphatic rings. The van der Waals surface area contributed by atoms with E-state index in [4.69, 9.17) is 10.8 Å². The average Bonchev–Trinajstić information content (AvgIpc) is 3.04. The second-order valence-corrected chi connectivity index (χ2v) is 10.7. The van der Waals surface area contributed by atoms with Crippen LogP contribution in [0.3, 0.4) is 0 Å². The normalized spacial score (nSPS) is 16.9. The first-order valence-electron chi connectivity index (χ1n) is 11.2. The number of thiophene rings is 1. The zero-order valence-electron chi connectivity index (χ0n) is 18.4. The van der Waals surface area contributed by atoms with Crippen LogP contribution in [0, 0.1) is 11.3 Å². The van der Waals surface area contributed by atoms with Gasteiger partial charge in [0.1, 0.15) is 10.7 Å². The van der Waals surface area contributed by atoms with Crippen molar-refractivity contribution in [2.45, 2.75) is 91.4 Å². The molecule has 29 heavy (non-hydrogen) atoms. The van der Waals surface area contributed by atoms with Crippen LogP contribution < -0.4 is 11.4 Å². The maximum absolute atomic E-state index is 13.0. The molecule has 0 aliphatic heterocycles. The maximum atomic E-state index is 13.0.